The number of aliphatic imine (C=N–C) groups is 1. The molecule has 0 aromatic heterocycles. The van der Waals surface area contributed by atoms with Crippen LogP contribution in [0.25, 0.3) is 10.8 Å². The van der Waals surface area contributed by atoms with E-state index in [1.54, 1.807) is 6.92 Å². The minimum Gasteiger partial charge on any atom is -0.481 e. The lowest BCUT2D eigenvalue weighted by molar-refractivity contribution is -0.139. The molecule has 0 bridgehead atoms. The first-order valence-corrected chi connectivity index (χ1v) is 20.0. The molecule has 62 heavy (non-hydrogen) atoms. The van der Waals surface area contributed by atoms with Gasteiger partial charge in [-0.3, -0.25) is 34.4 Å². The van der Waals surface area contributed by atoms with Crippen molar-refractivity contribution < 1.29 is 29.1 Å². The highest BCUT2D eigenvalue weighted by Gasteiger charge is 2.27. The van der Waals surface area contributed by atoms with E-state index in [-0.39, 0.29) is 37.7 Å². The number of carbonyl (C=O) groups is 5. The summed E-state index contributed by atoms with van der Waals surface area (Å²) in [4.78, 5) is 61.5. The number of amides is 4. The lowest BCUT2D eigenvalue weighted by atomic mass is 9.98. The van der Waals surface area contributed by atoms with Crippen molar-refractivity contribution in [3.05, 3.63) is 156 Å². The van der Waals surface area contributed by atoms with Gasteiger partial charge in [-0.1, -0.05) is 140 Å². The molecule has 0 saturated heterocycles. The van der Waals surface area contributed by atoms with Gasteiger partial charge < -0.3 is 38.3 Å². The zero-order valence-corrected chi connectivity index (χ0v) is 35.4. The van der Waals surface area contributed by atoms with E-state index in [1.165, 1.54) is 17.3 Å². The van der Waals surface area contributed by atoms with Gasteiger partial charge in [0.15, 0.2) is 5.96 Å². The number of benzene rings is 5. The maximum atomic E-state index is 13.1. The number of hydrogen-bond donors (Lipinski definition) is 8. The average Bonchev–Trinajstić information content (AvgIpc) is 3.28. The first-order chi connectivity index (χ1) is 29.9. The van der Waals surface area contributed by atoms with E-state index in [9.17, 15) is 24.0 Å². The Morgan fingerprint density at radius 2 is 1.27 bits per heavy atom. The second-order valence-corrected chi connectivity index (χ2v) is 13.5. The number of carboxylic acid groups (broad SMARTS) is 1. The van der Waals surface area contributed by atoms with Gasteiger partial charge in [-0.2, -0.15) is 5.10 Å². The lowest BCUT2D eigenvalue weighted by Gasteiger charge is -2.22. The van der Waals surface area contributed by atoms with Gasteiger partial charge in [0.1, 0.15) is 12.1 Å². The molecule has 4 amide bonds. The van der Waals surface area contributed by atoms with Gasteiger partial charge in [-0.15, -0.1) is 0 Å². The van der Waals surface area contributed by atoms with Crippen molar-refractivity contribution in [1.29, 1.82) is 0 Å². The number of nitrogens with one attached hydrogen (secondary N) is 4. The monoisotopic (exact) mass is 845 g/mol. The summed E-state index contributed by atoms with van der Waals surface area (Å²) in [6.07, 6.45) is 2.75. The highest BCUT2D eigenvalue weighted by molar-refractivity contribution is 5.93. The van der Waals surface area contributed by atoms with Crippen molar-refractivity contribution >= 4 is 53.0 Å². The zero-order valence-electron chi connectivity index (χ0n) is 35.4. The molecule has 0 aliphatic rings. The fraction of sp³-hybridized carbons (Fsp3) is 0.255. The number of nitrogens with zero attached hydrogens (tertiary/aromatic N) is 2. The molecule has 328 valence electrons. The molecule has 2 atom stereocenters. The number of aliphatic carboxylic acids is 1. The number of hydrazone groups is 1. The first kappa shape index (κ1) is 50.8. The number of primary amides is 1. The van der Waals surface area contributed by atoms with Crippen LogP contribution in [0.4, 0.5) is 0 Å². The molecule has 0 aliphatic carbocycles. The Morgan fingerprint density at radius 1 is 0.710 bits per heavy atom. The summed E-state index contributed by atoms with van der Waals surface area (Å²) >= 11 is 0. The van der Waals surface area contributed by atoms with Crippen LogP contribution in [0.2, 0.25) is 0 Å². The molecule has 0 radical (unpaired) electrons. The van der Waals surface area contributed by atoms with Crippen molar-refractivity contribution in [2.24, 2.45) is 27.3 Å². The third-order valence-electron chi connectivity index (χ3n) is 8.79. The minimum atomic E-state index is -1.11. The molecule has 5 aromatic carbocycles. The third kappa shape index (κ3) is 20.0. The highest BCUT2D eigenvalue weighted by Crippen LogP contribution is 2.21. The summed E-state index contributed by atoms with van der Waals surface area (Å²) in [6.45, 7) is 4.48. The van der Waals surface area contributed by atoms with Gasteiger partial charge >= 0.3 is 5.97 Å². The molecular formula is C47H59N9O6. The van der Waals surface area contributed by atoms with E-state index < -0.39 is 35.8 Å². The van der Waals surface area contributed by atoms with Gasteiger partial charge in [0, 0.05) is 32.0 Å². The molecule has 0 fully saturated rings. The minimum absolute atomic E-state index is 0.172. The fourth-order valence-corrected chi connectivity index (χ4v) is 5.89. The third-order valence-corrected chi connectivity index (χ3v) is 8.79. The van der Waals surface area contributed by atoms with Crippen LogP contribution < -0.4 is 38.6 Å². The number of rotatable bonds is 18. The van der Waals surface area contributed by atoms with Crippen LogP contribution in [0.5, 0.6) is 0 Å². The Bertz CT molecular complexity index is 2100. The predicted octanol–water partition coefficient (Wildman–Crippen LogP) is 4.35. The van der Waals surface area contributed by atoms with Crippen LogP contribution in [0.3, 0.4) is 0 Å². The average molecular weight is 846 g/mol. The topological polar surface area (TPSA) is 256 Å². The summed E-state index contributed by atoms with van der Waals surface area (Å²) in [5.41, 5.74) is 22.0. The molecule has 0 saturated carbocycles. The van der Waals surface area contributed by atoms with Crippen molar-refractivity contribution in [3.8, 4) is 0 Å². The second-order valence-electron chi connectivity index (χ2n) is 13.5. The summed E-state index contributed by atoms with van der Waals surface area (Å²) < 4.78 is 0. The van der Waals surface area contributed by atoms with Gasteiger partial charge in [-0.25, -0.2) is 0 Å². The van der Waals surface area contributed by atoms with E-state index in [1.807, 2.05) is 98.9 Å². The Kier molecular flexibility index (Phi) is 24.4. The summed E-state index contributed by atoms with van der Waals surface area (Å²) in [6, 6.07) is 41.7. The van der Waals surface area contributed by atoms with E-state index in [0.29, 0.717) is 6.41 Å². The maximum Gasteiger partial charge on any atom is 0.303 e. The van der Waals surface area contributed by atoms with Crippen LogP contribution in [-0.2, 0) is 36.8 Å². The molecule has 0 heterocycles. The number of carboxylic acids is 1. The SMILES string of the molecule is C/C=N/NC=O.CCCN=C(N)N.CNC(c1ccccc1)c1ccccc1.NC(=O)[C@H](Cc1cccc2ccccc12)NC(=O)[C@@H](Cc1ccccc1)NC(=O)CCC(=O)O. The van der Waals surface area contributed by atoms with E-state index >= 15 is 0 Å². The number of carbonyl (C=O) groups excluding carboxylic acids is 4. The molecule has 0 spiro atoms. The number of fused-ring (bicyclic) bond motifs is 1. The largest absolute Gasteiger partial charge is 0.481 e. The highest BCUT2D eigenvalue weighted by atomic mass is 16.4. The van der Waals surface area contributed by atoms with E-state index in [2.05, 4.69) is 80.0 Å². The normalized spacial score (nSPS) is 11.2. The maximum absolute atomic E-state index is 13.1. The van der Waals surface area contributed by atoms with Crippen LogP contribution in [0.1, 0.15) is 61.4 Å². The summed E-state index contributed by atoms with van der Waals surface area (Å²) in [7, 11) is 1.99. The summed E-state index contributed by atoms with van der Waals surface area (Å²) in [5.74, 6) is -2.76. The first-order valence-electron chi connectivity index (χ1n) is 20.0. The van der Waals surface area contributed by atoms with Gasteiger partial charge in [-0.05, 0) is 53.4 Å². The molecule has 5 aromatic rings. The zero-order chi connectivity index (χ0) is 45.5. The Hall–Kier alpha value is -7.39. The predicted molar refractivity (Wildman–Crippen MR) is 246 cm³/mol. The summed E-state index contributed by atoms with van der Waals surface area (Å²) in [5, 5.41) is 22.7. The van der Waals surface area contributed by atoms with Gasteiger partial charge in [0.2, 0.25) is 24.1 Å². The van der Waals surface area contributed by atoms with Crippen molar-refractivity contribution in [1.82, 2.24) is 21.4 Å². The molecule has 0 unspecified atom stereocenters. The van der Waals surface area contributed by atoms with E-state index in [4.69, 9.17) is 22.3 Å². The second kappa shape index (κ2) is 29.8. The number of nitrogens with two attached hydrogens (primary N) is 3. The fourth-order valence-electron chi connectivity index (χ4n) is 5.89. The van der Waals surface area contributed by atoms with Crippen molar-refractivity contribution in [2.45, 2.75) is 64.1 Å². The van der Waals surface area contributed by atoms with Crippen LogP contribution >= 0.6 is 0 Å². The standard InChI is InChI=1S/C26H27N3O5.C14H15N.C4H11N3.C3H6N2O/c27-25(33)21(16-19-11-6-10-18-9-4-5-12-20(18)19)29-26(34)22(15-17-7-2-1-3-8-17)28-23(30)13-14-24(31)32;1-15-14(12-8-4-2-5-9-12)13-10-6-3-7-11-13;1-2-3-7-4(5)6;1-2-4-5-3-6/h1-12,21-22H,13-16H2,(H2,27,33)(H,28,30)(H,29,34)(H,31,32);2-11,14-15H,1H3;2-3H2,1H3,(H4,5,6,7);2-3H,1H3,(H,5,6)/b;;;4-2+/t21-,22+;;;/m0.../s1. The lowest BCUT2D eigenvalue weighted by Crippen LogP contribution is -2.54. The Labute approximate surface area is 363 Å². The van der Waals surface area contributed by atoms with Crippen LogP contribution in [-0.4, -0.2) is 73.1 Å². The molecule has 15 heteroatoms. The Morgan fingerprint density at radius 3 is 1.76 bits per heavy atom. The smallest absolute Gasteiger partial charge is 0.303 e. The van der Waals surface area contributed by atoms with Crippen molar-refractivity contribution in [3.63, 3.8) is 0 Å². The Balaban J connectivity index is 0.000000383. The van der Waals surface area contributed by atoms with E-state index in [0.717, 1.165) is 34.9 Å². The van der Waals surface area contributed by atoms with Crippen LogP contribution in [0.15, 0.2) is 144 Å². The molecule has 15 nitrogen and oxygen atoms in total. The molecule has 0 aliphatic heterocycles. The number of guanidine groups is 1. The molecule has 5 rings (SSSR count). The van der Waals surface area contributed by atoms with Crippen molar-refractivity contribution in [2.75, 3.05) is 13.6 Å². The van der Waals surface area contributed by atoms with Gasteiger partial charge in [0.25, 0.3) is 0 Å². The molecular weight excluding hydrogens is 787 g/mol. The van der Waals surface area contributed by atoms with Crippen LogP contribution in [0, 0.1) is 0 Å². The van der Waals surface area contributed by atoms with Gasteiger partial charge in [0.05, 0.1) is 12.5 Å². The number of hydrogen-bond acceptors (Lipinski definition) is 8. The quantitative estimate of drug-likeness (QED) is 0.0270. The molecule has 11 N–H and O–H groups in total.